The Kier molecular flexibility index (Phi) is 3.70. The molecule has 0 spiro atoms. The van der Waals surface area contributed by atoms with Crippen molar-refractivity contribution in [3.05, 3.63) is 46.7 Å². The van der Waals surface area contributed by atoms with Crippen LogP contribution in [0.5, 0.6) is 0 Å². The smallest absolute Gasteiger partial charge is 0.280 e. The van der Waals surface area contributed by atoms with Gasteiger partial charge in [0.15, 0.2) is 11.3 Å². The minimum atomic E-state index is -0.389. The fourth-order valence-corrected chi connectivity index (χ4v) is 2.24. The first kappa shape index (κ1) is 14.4. The van der Waals surface area contributed by atoms with Crippen LogP contribution in [0, 0.1) is 5.92 Å². The molecule has 0 N–H and O–H groups in total. The highest BCUT2D eigenvalue weighted by atomic mass is 16.5. The minimum Gasteiger partial charge on any atom is -0.337 e. The van der Waals surface area contributed by atoms with Crippen LogP contribution in [-0.2, 0) is 6.42 Å². The summed E-state index contributed by atoms with van der Waals surface area (Å²) in [6.07, 6.45) is 3.81. The maximum absolute atomic E-state index is 12.5. The third-order valence-corrected chi connectivity index (χ3v) is 3.39. The molecule has 7 nitrogen and oxygen atoms in total. The molecular weight excluding hydrogens is 282 g/mol. The zero-order valence-corrected chi connectivity index (χ0v) is 12.7. The van der Waals surface area contributed by atoms with Crippen LogP contribution in [0.3, 0.4) is 0 Å². The molecule has 0 aliphatic rings. The Hall–Kier alpha value is -2.57. The molecule has 0 aromatic carbocycles. The maximum Gasteiger partial charge on any atom is 0.280 e. The van der Waals surface area contributed by atoms with Gasteiger partial charge in [-0.2, -0.15) is 4.98 Å². The Bertz CT molecular complexity index is 852. The Morgan fingerprint density at radius 2 is 2.09 bits per heavy atom. The fraction of sp³-hybridized carbons (Fsp3) is 0.400. The molecule has 22 heavy (non-hydrogen) atoms. The predicted molar refractivity (Wildman–Crippen MR) is 80.5 cm³/mol. The molecule has 0 bridgehead atoms. The Balaban J connectivity index is 1.98. The van der Waals surface area contributed by atoms with Crippen molar-refractivity contribution in [1.29, 1.82) is 0 Å². The lowest BCUT2D eigenvalue weighted by Crippen LogP contribution is -2.25. The van der Waals surface area contributed by atoms with Crippen molar-refractivity contribution in [1.82, 2.24) is 24.7 Å². The quantitative estimate of drug-likeness (QED) is 0.732. The van der Waals surface area contributed by atoms with Gasteiger partial charge in [-0.1, -0.05) is 19.0 Å². The SMILES string of the molecule is CC(C)Cc1noc([C@H](C)n2cnc3cccnc3c2=O)n1. The largest absolute Gasteiger partial charge is 0.337 e. The van der Waals surface area contributed by atoms with Crippen molar-refractivity contribution in [2.45, 2.75) is 33.2 Å². The van der Waals surface area contributed by atoms with E-state index in [1.54, 1.807) is 18.3 Å². The molecule has 0 saturated heterocycles. The zero-order valence-electron chi connectivity index (χ0n) is 12.7. The highest BCUT2D eigenvalue weighted by Gasteiger charge is 2.19. The lowest BCUT2D eigenvalue weighted by molar-refractivity contribution is 0.338. The van der Waals surface area contributed by atoms with E-state index in [9.17, 15) is 4.79 Å². The van der Waals surface area contributed by atoms with E-state index >= 15 is 0 Å². The summed E-state index contributed by atoms with van der Waals surface area (Å²) in [5.74, 6) is 1.49. The third-order valence-electron chi connectivity index (χ3n) is 3.39. The van der Waals surface area contributed by atoms with Crippen molar-refractivity contribution < 1.29 is 4.52 Å². The van der Waals surface area contributed by atoms with Gasteiger partial charge in [-0.15, -0.1) is 0 Å². The number of hydrogen-bond acceptors (Lipinski definition) is 6. The molecule has 0 amide bonds. The van der Waals surface area contributed by atoms with Crippen molar-refractivity contribution in [3.8, 4) is 0 Å². The van der Waals surface area contributed by atoms with Crippen molar-refractivity contribution in [2.24, 2.45) is 5.92 Å². The standard InChI is InChI=1S/C15H17N5O2/c1-9(2)7-12-18-14(22-19-12)10(3)20-8-17-11-5-4-6-16-13(11)15(20)21/h4-6,8-10H,7H2,1-3H3/t10-/m0/s1. The van der Waals surface area contributed by atoms with Crippen LogP contribution in [-0.4, -0.2) is 24.7 Å². The van der Waals surface area contributed by atoms with Crippen LogP contribution in [0.15, 0.2) is 34.0 Å². The number of hydrogen-bond donors (Lipinski definition) is 0. The number of fused-ring (bicyclic) bond motifs is 1. The molecule has 3 aromatic rings. The summed E-state index contributed by atoms with van der Waals surface area (Å²) < 4.78 is 6.74. The van der Waals surface area contributed by atoms with Crippen LogP contribution >= 0.6 is 0 Å². The zero-order chi connectivity index (χ0) is 15.7. The van der Waals surface area contributed by atoms with Crippen LogP contribution < -0.4 is 5.56 Å². The Labute approximate surface area is 127 Å². The summed E-state index contributed by atoms with van der Waals surface area (Å²) in [6, 6.07) is 3.12. The minimum absolute atomic E-state index is 0.221. The first-order valence-corrected chi connectivity index (χ1v) is 7.20. The van der Waals surface area contributed by atoms with E-state index in [2.05, 4.69) is 34.0 Å². The van der Waals surface area contributed by atoms with Gasteiger partial charge in [0.25, 0.3) is 5.56 Å². The van der Waals surface area contributed by atoms with Crippen LogP contribution in [0.4, 0.5) is 0 Å². The molecule has 3 heterocycles. The van der Waals surface area contributed by atoms with Crippen molar-refractivity contribution >= 4 is 11.0 Å². The second kappa shape index (κ2) is 5.67. The van der Waals surface area contributed by atoms with Gasteiger partial charge in [0.2, 0.25) is 5.89 Å². The van der Waals surface area contributed by atoms with Gasteiger partial charge in [-0.25, -0.2) is 9.97 Å². The second-order valence-electron chi connectivity index (χ2n) is 5.65. The van der Waals surface area contributed by atoms with E-state index in [1.165, 1.54) is 10.9 Å². The molecule has 0 fully saturated rings. The molecule has 114 valence electrons. The van der Waals surface area contributed by atoms with Crippen LogP contribution in [0.25, 0.3) is 11.0 Å². The van der Waals surface area contributed by atoms with Crippen molar-refractivity contribution in [3.63, 3.8) is 0 Å². The number of pyridine rings is 1. The molecule has 3 aromatic heterocycles. The molecule has 0 saturated carbocycles. The van der Waals surface area contributed by atoms with E-state index < -0.39 is 0 Å². The fourth-order valence-electron chi connectivity index (χ4n) is 2.24. The summed E-state index contributed by atoms with van der Waals surface area (Å²) in [4.78, 5) is 25.2. The van der Waals surface area contributed by atoms with E-state index in [0.717, 1.165) is 6.42 Å². The molecule has 1 atom stereocenters. The van der Waals surface area contributed by atoms with Gasteiger partial charge in [-0.05, 0) is 25.0 Å². The van der Waals surface area contributed by atoms with E-state index in [1.807, 2.05) is 6.92 Å². The molecular formula is C15H17N5O2. The summed E-state index contributed by atoms with van der Waals surface area (Å²) >= 11 is 0. The predicted octanol–water partition coefficient (Wildman–Crippen LogP) is 1.98. The number of rotatable bonds is 4. The van der Waals surface area contributed by atoms with Gasteiger partial charge in [0, 0.05) is 12.6 Å². The van der Waals surface area contributed by atoms with E-state index in [4.69, 9.17) is 4.52 Å². The molecule has 3 rings (SSSR count). The highest BCUT2D eigenvalue weighted by Crippen LogP contribution is 2.15. The maximum atomic E-state index is 12.5. The summed E-state index contributed by atoms with van der Waals surface area (Å²) in [5.41, 5.74) is 0.683. The lowest BCUT2D eigenvalue weighted by atomic mass is 10.1. The summed E-state index contributed by atoms with van der Waals surface area (Å²) in [7, 11) is 0. The van der Waals surface area contributed by atoms with Crippen LogP contribution in [0.1, 0.15) is 38.5 Å². The Morgan fingerprint density at radius 1 is 1.27 bits per heavy atom. The monoisotopic (exact) mass is 299 g/mol. The van der Waals surface area contributed by atoms with Gasteiger partial charge >= 0.3 is 0 Å². The molecule has 0 aliphatic heterocycles. The topological polar surface area (TPSA) is 86.7 Å². The van der Waals surface area contributed by atoms with Crippen molar-refractivity contribution in [2.75, 3.05) is 0 Å². The third kappa shape index (κ3) is 2.61. The first-order chi connectivity index (χ1) is 10.6. The average molecular weight is 299 g/mol. The van der Waals surface area contributed by atoms with E-state index in [0.29, 0.717) is 28.7 Å². The first-order valence-electron chi connectivity index (χ1n) is 7.20. The average Bonchev–Trinajstić information content (AvgIpc) is 2.95. The second-order valence-corrected chi connectivity index (χ2v) is 5.65. The normalized spacial score (nSPS) is 12.9. The number of aromatic nitrogens is 5. The number of nitrogens with zero attached hydrogens (tertiary/aromatic N) is 5. The van der Waals surface area contributed by atoms with Gasteiger partial charge < -0.3 is 4.52 Å². The Morgan fingerprint density at radius 3 is 2.86 bits per heavy atom. The summed E-state index contributed by atoms with van der Waals surface area (Å²) in [5, 5.41) is 3.96. The summed E-state index contributed by atoms with van der Waals surface area (Å²) in [6.45, 7) is 6.00. The van der Waals surface area contributed by atoms with Gasteiger partial charge in [0.1, 0.15) is 6.04 Å². The molecule has 0 aliphatic carbocycles. The lowest BCUT2D eigenvalue weighted by Gasteiger charge is -2.10. The molecule has 0 radical (unpaired) electrons. The molecule has 0 unspecified atom stereocenters. The van der Waals surface area contributed by atoms with Crippen LogP contribution in [0.2, 0.25) is 0 Å². The van der Waals surface area contributed by atoms with Gasteiger partial charge in [-0.3, -0.25) is 9.36 Å². The highest BCUT2D eigenvalue weighted by molar-refractivity contribution is 5.71. The molecule has 7 heteroatoms. The van der Waals surface area contributed by atoms with E-state index in [-0.39, 0.29) is 11.6 Å². The van der Waals surface area contributed by atoms with Gasteiger partial charge in [0.05, 0.1) is 11.8 Å².